The summed E-state index contributed by atoms with van der Waals surface area (Å²) in [6.07, 6.45) is 0. The lowest BCUT2D eigenvalue weighted by Crippen LogP contribution is -2.46. The average Bonchev–Trinajstić information content (AvgIpc) is 2.28. The molecule has 5 heteroatoms. The van der Waals surface area contributed by atoms with E-state index >= 15 is 0 Å². The van der Waals surface area contributed by atoms with Crippen LogP contribution in [0.1, 0.15) is 21.6 Å². The van der Waals surface area contributed by atoms with Crippen LogP contribution in [0.15, 0.2) is 6.07 Å². The van der Waals surface area contributed by atoms with E-state index in [1.54, 1.807) is 0 Å². The van der Waals surface area contributed by atoms with Gasteiger partial charge < -0.3 is 10.2 Å². The van der Waals surface area contributed by atoms with E-state index in [1.807, 2.05) is 24.8 Å². The topological polar surface area (TPSA) is 45.2 Å². The van der Waals surface area contributed by atoms with Crippen LogP contribution in [0.5, 0.6) is 0 Å². The van der Waals surface area contributed by atoms with Gasteiger partial charge in [-0.25, -0.2) is 4.98 Å². The lowest BCUT2D eigenvalue weighted by Gasteiger charge is -2.28. The Bertz CT molecular complexity index is 418. The molecule has 1 aromatic heterocycles. The van der Waals surface area contributed by atoms with Crippen LogP contribution in [-0.4, -0.2) is 42.0 Å². The molecule has 2 heterocycles. The van der Waals surface area contributed by atoms with Gasteiger partial charge in [0.1, 0.15) is 5.15 Å². The molecule has 0 aromatic carbocycles. The number of rotatable bonds is 1. The Morgan fingerprint density at radius 2 is 2.06 bits per heavy atom. The van der Waals surface area contributed by atoms with Gasteiger partial charge in [0.2, 0.25) is 0 Å². The molecule has 1 saturated heterocycles. The van der Waals surface area contributed by atoms with Crippen LogP contribution in [0.4, 0.5) is 0 Å². The molecule has 17 heavy (non-hydrogen) atoms. The van der Waals surface area contributed by atoms with Crippen molar-refractivity contribution in [1.82, 2.24) is 15.2 Å². The largest absolute Gasteiger partial charge is 0.336 e. The van der Waals surface area contributed by atoms with Crippen molar-refractivity contribution in [2.45, 2.75) is 13.8 Å². The zero-order chi connectivity index (χ0) is 12.4. The van der Waals surface area contributed by atoms with Crippen LogP contribution in [0.3, 0.4) is 0 Å². The van der Waals surface area contributed by atoms with Gasteiger partial charge >= 0.3 is 0 Å². The molecule has 2 rings (SSSR count). The number of hydrogen-bond donors (Lipinski definition) is 1. The summed E-state index contributed by atoms with van der Waals surface area (Å²) in [5.41, 5.74) is 2.27. The maximum atomic E-state index is 12.3. The fourth-order valence-corrected chi connectivity index (χ4v) is 2.44. The van der Waals surface area contributed by atoms with Gasteiger partial charge in [0.25, 0.3) is 5.91 Å². The van der Waals surface area contributed by atoms with Crippen LogP contribution < -0.4 is 5.32 Å². The van der Waals surface area contributed by atoms with E-state index in [-0.39, 0.29) is 5.91 Å². The van der Waals surface area contributed by atoms with E-state index in [2.05, 4.69) is 10.3 Å². The number of nitrogens with one attached hydrogen (secondary N) is 1. The number of halogens is 1. The maximum Gasteiger partial charge on any atom is 0.257 e. The molecule has 1 fully saturated rings. The number of nitrogens with zero attached hydrogens (tertiary/aromatic N) is 2. The van der Waals surface area contributed by atoms with Crippen molar-refractivity contribution in [2.75, 3.05) is 26.2 Å². The molecule has 4 nitrogen and oxygen atoms in total. The molecule has 0 atom stereocenters. The zero-order valence-electron chi connectivity index (χ0n) is 10.1. The Labute approximate surface area is 106 Å². The van der Waals surface area contributed by atoms with Crippen LogP contribution in [0, 0.1) is 13.8 Å². The van der Waals surface area contributed by atoms with Gasteiger partial charge in [-0.15, -0.1) is 0 Å². The summed E-state index contributed by atoms with van der Waals surface area (Å²) in [5.74, 6) is -0.0125. The first kappa shape index (κ1) is 12.3. The lowest BCUT2D eigenvalue weighted by atomic mass is 10.1. The smallest absolute Gasteiger partial charge is 0.257 e. The number of hydrogen-bond acceptors (Lipinski definition) is 3. The molecule has 0 spiro atoms. The molecule has 1 aliphatic rings. The Hall–Kier alpha value is -1.13. The van der Waals surface area contributed by atoms with Crippen molar-refractivity contribution in [1.29, 1.82) is 0 Å². The summed E-state index contributed by atoms with van der Waals surface area (Å²) in [6.45, 7) is 6.89. The molecular formula is C12H16ClN3O. The zero-order valence-corrected chi connectivity index (χ0v) is 10.8. The molecule has 0 radical (unpaired) electrons. The van der Waals surface area contributed by atoms with Crippen molar-refractivity contribution in [3.8, 4) is 0 Å². The summed E-state index contributed by atoms with van der Waals surface area (Å²) in [7, 11) is 0. The second kappa shape index (κ2) is 5.02. The minimum atomic E-state index is -0.0125. The summed E-state index contributed by atoms with van der Waals surface area (Å²) in [4.78, 5) is 18.3. The quantitative estimate of drug-likeness (QED) is 0.770. The fourth-order valence-electron chi connectivity index (χ4n) is 2.07. The third-order valence-electron chi connectivity index (χ3n) is 2.92. The molecular weight excluding hydrogens is 238 g/mol. The summed E-state index contributed by atoms with van der Waals surface area (Å²) in [6, 6.07) is 1.89. The van der Waals surface area contributed by atoms with Crippen molar-refractivity contribution in [2.24, 2.45) is 0 Å². The maximum absolute atomic E-state index is 12.3. The molecule has 1 aliphatic heterocycles. The third kappa shape index (κ3) is 2.58. The summed E-state index contributed by atoms with van der Waals surface area (Å²) < 4.78 is 0. The van der Waals surface area contributed by atoms with E-state index in [9.17, 15) is 4.79 Å². The Balaban J connectivity index is 2.30. The highest BCUT2D eigenvalue weighted by molar-refractivity contribution is 6.32. The first-order chi connectivity index (χ1) is 8.09. The average molecular weight is 254 g/mol. The summed E-state index contributed by atoms with van der Waals surface area (Å²) in [5, 5.41) is 3.53. The van der Waals surface area contributed by atoms with Crippen LogP contribution in [0.2, 0.25) is 5.15 Å². The number of aryl methyl sites for hydroxylation is 2. The van der Waals surface area contributed by atoms with E-state index < -0.39 is 0 Å². The van der Waals surface area contributed by atoms with Gasteiger partial charge in [0.15, 0.2) is 0 Å². The Kier molecular flexibility index (Phi) is 3.64. The van der Waals surface area contributed by atoms with Gasteiger partial charge in [-0.05, 0) is 25.5 Å². The van der Waals surface area contributed by atoms with Crippen LogP contribution in [0.25, 0.3) is 0 Å². The van der Waals surface area contributed by atoms with E-state index in [1.165, 1.54) is 0 Å². The fraction of sp³-hybridized carbons (Fsp3) is 0.500. The van der Waals surface area contributed by atoms with E-state index in [4.69, 9.17) is 11.6 Å². The standard InChI is InChI=1S/C12H16ClN3O/c1-8-7-9(2)15-11(13)10(8)12(17)16-5-3-14-4-6-16/h7,14H,3-6H2,1-2H3. The number of aromatic nitrogens is 1. The normalized spacial score (nSPS) is 16.1. The highest BCUT2D eigenvalue weighted by Crippen LogP contribution is 2.20. The third-order valence-corrected chi connectivity index (χ3v) is 3.19. The van der Waals surface area contributed by atoms with E-state index in [0.29, 0.717) is 10.7 Å². The molecule has 0 bridgehead atoms. The molecule has 1 amide bonds. The van der Waals surface area contributed by atoms with Crippen molar-refractivity contribution in [3.63, 3.8) is 0 Å². The van der Waals surface area contributed by atoms with Gasteiger partial charge in [-0.2, -0.15) is 0 Å². The first-order valence-electron chi connectivity index (χ1n) is 5.73. The first-order valence-corrected chi connectivity index (χ1v) is 6.11. The molecule has 1 aromatic rings. The number of carbonyl (C=O) groups excluding carboxylic acids is 1. The lowest BCUT2D eigenvalue weighted by molar-refractivity contribution is 0.0735. The highest BCUT2D eigenvalue weighted by atomic mass is 35.5. The van der Waals surface area contributed by atoms with Crippen molar-refractivity contribution < 1.29 is 4.79 Å². The number of carbonyl (C=O) groups is 1. The molecule has 0 saturated carbocycles. The predicted octanol–water partition coefficient (Wildman–Crippen LogP) is 1.40. The number of piperazine rings is 1. The Morgan fingerprint density at radius 3 is 2.65 bits per heavy atom. The van der Waals surface area contributed by atoms with Crippen molar-refractivity contribution in [3.05, 3.63) is 28.0 Å². The van der Waals surface area contributed by atoms with Gasteiger partial charge in [0, 0.05) is 31.9 Å². The van der Waals surface area contributed by atoms with Crippen molar-refractivity contribution >= 4 is 17.5 Å². The molecule has 0 aliphatic carbocycles. The second-order valence-electron chi connectivity index (χ2n) is 4.29. The molecule has 0 unspecified atom stereocenters. The summed E-state index contributed by atoms with van der Waals surface area (Å²) >= 11 is 6.07. The Morgan fingerprint density at radius 1 is 1.41 bits per heavy atom. The predicted molar refractivity (Wildman–Crippen MR) is 67.5 cm³/mol. The van der Waals surface area contributed by atoms with Crippen LogP contribution in [-0.2, 0) is 0 Å². The number of pyridine rings is 1. The SMILES string of the molecule is Cc1cc(C)c(C(=O)N2CCNCC2)c(Cl)n1. The van der Waals surface area contributed by atoms with E-state index in [0.717, 1.165) is 37.4 Å². The second-order valence-corrected chi connectivity index (χ2v) is 4.65. The van der Waals surface area contributed by atoms with Crippen LogP contribution >= 0.6 is 11.6 Å². The molecule has 1 N–H and O–H groups in total. The minimum absolute atomic E-state index is 0.0125. The monoisotopic (exact) mass is 253 g/mol. The molecule has 92 valence electrons. The number of amides is 1. The minimum Gasteiger partial charge on any atom is -0.336 e. The highest BCUT2D eigenvalue weighted by Gasteiger charge is 2.22. The van der Waals surface area contributed by atoms with Gasteiger partial charge in [0.05, 0.1) is 5.56 Å². The van der Waals surface area contributed by atoms with Gasteiger partial charge in [-0.3, -0.25) is 4.79 Å². The van der Waals surface area contributed by atoms with Gasteiger partial charge in [-0.1, -0.05) is 11.6 Å².